The Bertz CT molecular complexity index is 1030. The zero-order chi connectivity index (χ0) is 18.4. The van der Waals surface area contributed by atoms with Crippen LogP contribution in [0, 0.1) is 0 Å². The van der Waals surface area contributed by atoms with Gasteiger partial charge < -0.3 is 9.73 Å². The highest BCUT2D eigenvalue weighted by atomic mass is 35.5. The van der Waals surface area contributed by atoms with E-state index < -0.39 is 11.2 Å². The minimum absolute atomic E-state index is 0.219. The predicted molar refractivity (Wildman–Crippen MR) is 99.6 cm³/mol. The molecule has 130 valence electrons. The Balaban J connectivity index is 1.90. The third kappa shape index (κ3) is 3.17. The number of nitrogens with one attached hydrogen (secondary N) is 1. The summed E-state index contributed by atoms with van der Waals surface area (Å²) in [5, 5.41) is 3.68. The molecule has 0 saturated carbocycles. The van der Waals surface area contributed by atoms with E-state index in [1.807, 2.05) is 0 Å². The molecule has 0 unspecified atom stereocenters. The number of halogens is 2. The van der Waals surface area contributed by atoms with E-state index in [9.17, 15) is 9.59 Å². The molecule has 0 atom stereocenters. The third-order valence-corrected chi connectivity index (χ3v) is 5.00. The monoisotopic (exact) mass is 378 g/mol. The Hall–Kier alpha value is -2.24. The summed E-state index contributed by atoms with van der Waals surface area (Å²) in [6, 6.07) is 10.2. The van der Waals surface area contributed by atoms with Crippen LogP contribution < -0.4 is 11.1 Å². The van der Waals surface area contributed by atoms with Gasteiger partial charge in [-0.25, -0.2) is 4.79 Å². The Morgan fingerprint density at radius 2 is 1.84 bits per heavy atom. The highest BCUT2D eigenvalue weighted by Gasteiger charge is 2.30. The van der Waals surface area contributed by atoms with Gasteiger partial charge in [-0.3, -0.25) is 9.36 Å². The van der Waals surface area contributed by atoms with E-state index in [0.29, 0.717) is 26.8 Å². The number of nitrogens with zero attached hydrogens (tertiary/aromatic N) is 1. The van der Waals surface area contributed by atoms with Crippen LogP contribution in [0.5, 0.6) is 0 Å². The molecule has 0 fully saturated rings. The van der Waals surface area contributed by atoms with Crippen LogP contribution in [0.2, 0.25) is 10.0 Å². The highest BCUT2D eigenvalue weighted by Crippen LogP contribution is 2.31. The fraction of sp³-hybridized carbons (Fsp3) is 0.222. The van der Waals surface area contributed by atoms with Crippen molar-refractivity contribution >= 4 is 45.9 Å². The first-order valence-electron chi connectivity index (χ1n) is 7.56. The van der Waals surface area contributed by atoms with Crippen LogP contribution in [0.15, 0.2) is 45.6 Å². The largest absolute Gasteiger partial charge is 0.419 e. The topological polar surface area (TPSA) is 64.2 Å². The first-order valence-corrected chi connectivity index (χ1v) is 8.32. The zero-order valence-electron chi connectivity index (χ0n) is 13.9. The van der Waals surface area contributed by atoms with Crippen molar-refractivity contribution in [3.05, 3.63) is 62.6 Å². The SMILES string of the molecule is Cn1c(=O)oc2cc(NC(=O)C(C)(C)c3ccc(Cl)c(Cl)c3)ccc21. The number of fused-ring (bicyclic) bond motifs is 1. The summed E-state index contributed by atoms with van der Waals surface area (Å²) in [7, 11) is 1.62. The van der Waals surface area contributed by atoms with Crippen molar-refractivity contribution in [1.82, 2.24) is 4.57 Å². The molecule has 0 aliphatic rings. The van der Waals surface area contributed by atoms with Gasteiger partial charge in [-0.15, -0.1) is 0 Å². The van der Waals surface area contributed by atoms with E-state index in [1.165, 1.54) is 4.57 Å². The summed E-state index contributed by atoms with van der Waals surface area (Å²) in [4.78, 5) is 24.3. The number of hydrogen-bond acceptors (Lipinski definition) is 3. The van der Waals surface area contributed by atoms with Crippen LogP contribution in [0.1, 0.15) is 19.4 Å². The maximum atomic E-state index is 12.8. The van der Waals surface area contributed by atoms with Gasteiger partial charge in [-0.1, -0.05) is 29.3 Å². The number of oxazole rings is 1. The van der Waals surface area contributed by atoms with E-state index in [1.54, 1.807) is 57.3 Å². The average Bonchev–Trinajstić information content (AvgIpc) is 2.84. The first kappa shape index (κ1) is 17.6. The summed E-state index contributed by atoms with van der Waals surface area (Å²) >= 11 is 12.0. The lowest BCUT2D eigenvalue weighted by Crippen LogP contribution is -2.34. The fourth-order valence-electron chi connectivity index (χ4n) is 2.51. The van der Waals surface area contributed by atoms with Crippen molar-refractivity contribution in [3.8, 4) is 0 Å². The van der Waals surface area contributed by atoms with Crippen LogP contribution in [-0.2, 0) is 17.3 Å². The van der Waals surface area contributed by atoms with E-state index in [4.69, 9.17) is 27.6 Å². The molecule has 25 heavy (non-hydrogen) atoms. The standard InChI is InChI=1S/C18H16Cl2N2O3/c1-18(2,10-4-6-12(19)13(20)8-10)16(23)21-11-5-7-14-15(9-11)25-17(24)22(14)3/h4-9H,1-3H3,(H,21,23). The van der Waals surface area contributed by atoms with E-state index in [2.05, 4.69) is 5.32 Å². The van der Waals surface area contributed by atoms with Gasteiger partial charge in [0.25, 0.3) is 0 Å². The van der Waals surface area contributed by atoms with Crippen molar-refractivity contribution in [1.29, 1.82) is 0 Å². The van der Waals surface area contributed by atoms with Crippen molar-refractivity contribution < 1.29 is 9.21 Å². The molecular formula is C18H16Cl2N2O3. The lowest BCUT2D eigenvalue weighted by Gasteiger charge is -2.24. The fourth-order valence-corrected chi connectivity index (χ4v) is 2.81. The molecule has 1 heterocycles. The Labute approximate surface area is 154 Å². The Kier molecular flexibility index (Phi) is 4.39. The van der Waals surface area contributed by atoms with Crippen LogP contribution in [-0.4, -0.2) is 10.5 Å². The number of hydrogen-bond donors (Lipinski definition) is 1. The van der Waals surface area contributed by atoms with Crippen LogP contribution >= 0.6 is 23.2 Å². The summed E-state index contributed by atoms with van der Waals surface area (Å²) < 4.78 is 6.55. The second kappa shape index (κ2) is 6.24. The molecule has 0 radical (unpaired) electrons. The lowest BCUT2D eigenvalue weighted by molar-refractivity contribution is -0.120. The van der Waals surface area contributed by atoms with Gasteiger partial charge in [0, 0.05) is 18.8 Å². The van der Waals surface area contributed by atoms with Gasteiger partial charge in [-0.2, -0.15) is 0 Å². The summed E-state index contributed by atoms with van der Waals surface area (Å²) in [5.41, 5.74) is 1.52. The van der Waals surface area contributed by atoms with Crippen LogP contribution in [0.4, 0.5) is 5.69 Å². The van der Waals surface area contributed by atoms with E-state index in [0.717, 1.165) is 5.56 Å². The molecule has 0 bridgehead atoms. The Morgan fingerprint density at radius 1 is 1.12 bits per heavy atom. The van der Waals surface area contributed by atoms with E-state index in [-0.39, 0.29) is 5.91 Å². The maximum Gasteiger partial charge on any atom is 0.419 e. The molecular weight excluding hydrogens is 363 g/mol. The molecule has 1 N–H and O–H groups in total. The average molecular weight is 379 g/mol. The van der Waals surface area contributed by atoms with Gasteiger partial charge in [0.2, 0.25) is 5.91 Å². The zero-order valence-corrected chi connectivity index (χ0v) is 15.4. The maximum absolute atomic E-state index is 12.8. The number of aromatic nitrogens is 1. The van der Waals surface area contributed by atoms with Crippen molar-refractivity contribution in [2.45, 2.75) is 19.3 Å². The van der Waals surface area contributed by atoms with Crippen LogP contribution in [0.3, 0.4) is 0 Å². The number of anilines is 1. The number of amides is 1. The number of aryl methyl sites for hydroxylation is 1. The summed E-state index contributed by atoms with van der Waals surface area (Å²) in [5.74, 6) is -0.668. The minimum Gasteiger partial charge on any atom is -0.408 e. The first-order chi connectivity index (χ1) is 11.7. The second-order valence-corrected chi connectivity index (χ2v) is 7.13. The van der Waals surface area contributed by atoms with Crippen molar-refractivity contribution in [2.75, 3.05) is 5.32 Å². The van der Waals surface area contributed by atoms with E-state index >= 15 is 0 Å². The van der Waals surface area contributed by atoms with Crippen molar-refractivity contribution in [2.24, 2.45) is 7.05 Å². The van der Waals surface area contributed by atoms with Crippen LogP contribution in [0.25, 0.3) is 11.1 Å². The second-order valence-electron chi connectivity index (χ2n) is 6.32. The Morgan fingerprint density at radius 3 is 2.52 bits per heavy atom. The molecule has 0 aliphatic carbocycles. The third-order valence-electron chi connectivity index (χ3n) is 4.26. The molecule has 1 aromatic heterocycles. The van der Waals surface area contributed by atoms with Gasteiger partial charge in [0.15, 0.2) is 5.58 Å². The smallest absolute Gasteiger partial charge is 0.408 e. The molecule has 0 aliphatic heterocycles. The molecule has 3 aromatic rings. The summed E-state index contributed by atoms with van der Waals surface area (Å²) in [6.07, 6.45) is 0. The lowest BCUT2D eigenvalue weighted by atomic mass is 9.83. The predicted octanol–water partition coefficient (Wildman–Crippen LogP) is 4.35. The number of benzene rings is 2. The summed E-state index contributed by atoms with van der Waals surface area (Å²) in [6.45, 7) is 3.59. The molecule has 5 nitrogen and oxygen atoms in total. The quantitative estimate of drug-likeness (QED) is 0.736. The molecule has 1 amide bonds. The number of carbonyl (C=O) groups is 1. The van der Waals surface area contributed by atoms with Gasteiger partial charge >= 0.3 is 5.76 Å². The van der Waals surface area contributed by atoms with Gasteiger partial charge in [0.05, 0.1) is 21.0 Å². The molecule has 0 saturated heterocycles. The van der Waals surface area contributed by atoms with Crippen molar-refractivity contribution in [3.63, 3.8) is 0 Å². The highest BCUT2D eigenvalue weighted by molar-refractivity contribution is 6.42. The molecule has 7 heteroatoms. The van der Waals surface area contributed by atoms with Gasteiger partial charge in [0.1, 0.15) is 0 Å². The normalized spacial score (nSPS) is 11.7. The number of rotatable bonds is 3. The minimum atomic E-state index is -0.833. The molecule has 3 rings (SSSR count). The molecule has 2 aromatic carbocycles. The van der Waals surface area contributed by atoms with Gasteiger partial charge in [-0.05, 0) is 43.7 Å². The molecule has 0 spiro atoms. The number of carbonyl (C=O) groups excluding carboxylic acids is 1.